The molecule has 22 heavy (non-hydrogen) atoms. The molecule has 0 aromatic heterocycles. The van der Waals surface area contributed by atoms with Crippen molar-refractivity contribution in [3.63, 3.8) is 0 Å². The predicted molar refractivity (Wildman–Crippen MR) is 94.7 cm³/mol. The Morgan fingerprint density at radius 2 is 1.68 bits per heavy atom. The van der Waals surface area contributed by atoms with Crippen molar-refractivity contribution in [3.05, 3.63) is 59.1 Å². The highest BCUT2D eigenvalue weighted by Gasteiger charge is 2.16. The van der Waals surface area contributed by atoms with Crippen LogP contribution in [0.1, 0.15) is 0 Å². The van der Waals surface area contributed by atoms with Crippen molar-refractivity contribution in [3.8, 4) is 5.75 Å². The third-order valence-corrected chi connectivity index (χ3v) is 4.46. The molecule has 0 saturated carbocycles. The van der Waals surface area contributed by atoms with Gasteiger partial charge in [0.15, 0.2) is 0 Å². The van der Waals surface area contributed by atoms with Crippen LogP contribution in [0.5, 0.6) is 5.75 Å². The van der Waals surface area contributed by atoms with Gasteiger partial charge in [-0.2, -0.15) is 0 Å². The zero-order chi connectivity index (χ0) is 15.2. The summed E-state index contributed by atoms with van der Waals surface area (Å²) in [7, 11) is 0. The predicted octanol–water partition coefficient (Wildman–Crippen LogP) is 3.65. The SMILES string of the molecule is Brc1cccc(OCCN2CCN(c3ccccc3)CC2)c1. The van der Waals surface area contributed by atoms with Crippen LogP contribution in [0.15, 0.2) is 59.1 Å². The van der Waals surface area contributed by atoms with Crippen LogP contribution in [-0.4, -0.2) is 44.2 Å². The Kier molecular flexibility index (Phi) is 5.35. The minimum Gasteiger partial charge on any atom is -0.492 e. The summed E-state index contributed by atoms with van der Waals surface area (Å²) in [6.45, 7) is 6.08. The van der Waals surface area contributed by atoms with Crippen molar-refractivity contribution in [1.82, 2.24) is 4.90 Å². The summed E-state index contributed by atoms with van der Waals surface area (Å²) < 4.78 is 6.87. The van der Waals surface area contributed by atoms with Crippen LogP contribution >= 0.6 is 15.9 Å². The molecule has 2 aromatic carbocycles. The Bertz CT molecular complexity index is 583. The minimum atomic E-state index is 0.738. The molecule has 1 fully saturated rings. The van der Waals surface area contributed by atoms with Crippen LogP contribution in [0.3, 0.4) is 0 Å². The van der Waals surface area contributed by atoms with Gasteiger partial charge >= 0.3 is 0 Å². The summed E-state index contributed by atoms with van der Waals surface area (Å²) in [4.78, 5) is 4.92. The maximum atomic E-state index is 5.82. The number of hydrogen-bond donors (Lipinski definition) is 0. The summed E-state index contributed by atoms with van der Waals surface area (Å²) in [6.07, 6.45) is 0. The lowest BCUT2D eigenvalue weighted by Crippen LogP contribution is -2.47. The normalized spacial score (nSPS) is 15.8. The first-order chi connectivity index (χ1) is 10.8. The molecule has 0 aliphatic carbocycles. The zero-order valence-corrected chi connectivity index (χ0v) is 14.2. The van der Waals surface area contributed by atoms with Crippen molar-refractivity contribution < 1.29 is 4.74 Å². The van der Waals surface area contributed by atoms with E-state index < -0.39 is 0 Å². The standard InChI is InChI=1S/C18H21BrN2O/c19-16-5-4-8-18(15-16)22-14-13-20-9-11-21(12-10-20)17-6-2-1-3-7-17/h1-8,15H,9-14H2. The second-order valence-electron chi connectivity index (χ2n) is 5.47. The number of halogens is 1. The number of anilines is 1. The summed E-state index contributed by atoms with van der Waals surface area (Å²) >= 11 is 3.46. The van der Waals surface area contributed by atoms with Crippen LogP contribution in [0.25, 0.3) is 0 Å². The molecule has 4 heteroatoms. The lowest BCUT2D eigenvalue weighted by Gasteiger charge is -2.36. The molecule has 0 N–H and O–H groups in total. The molecule has 0 spiro atoms. The van der Waals surface area contributed by atoms with Crippen molar-refractivity contribution in [2.45, 2.75) is 0 Å². The molecule has 0 amide bonds. The van der Waals surface area contributed by atoms with E-state index in [-0.39, 0.29) is 0 Å². The van der Waals surface area contributed by atoms with Crippen molar-refractivity contribution >= 4 is 21.6 Å². The highest BCUT2D eigenvalue weighted by atomic mass is 79.9. The molecule has 2 aromatic rings. The number of piperazine rings is 1. The third kappa shape index (κ3) is 4.24. The summed E-state index contributed by atoms with van der Waals surface area (Å²) in [5, 5.41) is 0. The van der Waals surface area contributed by atoms with Crippen molar-refractivity contribution in [2.75, 3.05) is 44.2 Å². The van der Waals surface area contributed by atoms with Gasteiger partial charge in [0.25, 0.3) is 0 Å². The average Bonchev–Trinajstić information content (AvgIpc) is 2.56. The van der Waals surface area contributed by atoms with Gasteiger partial charge in [-0.15, -0.1) is 0 Å². The molecule has 1 saturated heterocycles. The molecular formula is C18H21BrN2O. The fourth-order valence-corrected chi connectivity index (χ4v) is 3.10. The van der Waals surface area contributed by atoms with Crippen LogP contribution in [0.4, 0.5) is 5.69 Å². The second-order valence-corrected chi connectivity index (χ2v) is 6.39. The number of nitrogens with zero attached hydrogens (tertiary/aromatic N) is 2. The number of ether oxygens (including phenoxy) is 1. The Balaban J connectivity index is 1.41. The van der Waals surface area contributed by atoms with Gasteiger partial charge in [0.05, 0.1) is 0 Å². The Morgan fingerprint density at radius 1 is 0.909 bits per heavy atom. The van der Waals surface area contributed by atoms with Crippen LogP contribution < -0.4 is 9.64 Å². The fourth-order valence-electron chi connectivity index (χ4n) is 2.72. The molecule has 116 valence electrons. The smallest absolute Gasteiger partial charge is 0.120 e. The highest BCUT2D eigenvalue weighted by Crippen LogP contribution is 2.18. The summed E-state index contributed by atoms with van der Waals surface area (Å²) in [5.41, 5.74) is 1.33. The number of hydrogen-bond acceptors (Lipinski definition) is 3. The first-order valence-electron chi connectivity index (χ1n) is 7.72. The maximum absolute atomic E-state index is 5.82. The molecule has 0 radical (unpaired) electrons. The van der Waals surface area contributed by atoms with Gasteiger partial charge < -0.3 is 9.64 Å². The first kappa shape index (κ1) is 15.4. The van der Waals surface area contributed by atoms with Crippen LogP contribution in [0, 0.1) is 0 Å². The van der Waals surface area contributed by atoms with E-state index in [1.54, 1.807) is 0 Å². The molecule has 1 heterocycles. The van der Waals surface area contributed by atoms with Gasteiger partial charge in [0, 0.05) is 42.9 Å². The maximum Gasteiger partial charge on any atom is 0.120 e. The molecular weight excluding hydrogens is 340 g/mol. The number of rotatable bonds is 5. The van der Waals surface area contributed by atoms with E-state index in [2.05, 4.69) is 56.1 Å². The Labute approximate surface area is 140 Å². The van der Waals surface area contributed by atoms with Crippen molar-refractivity contribution in [1.29, 1.82) is 0 Å². The third-order valence-electron chi connectivity index (χ3n) is 3.97. The summed E-state index contributed by atoms with van der Waals surface area (Å²) in [5.74, 6) is 0.928. The van der Waals surface area contributed by atoms with Gasteiger partial charge in [-0.05, 0) is 30.3 Å². The van der Waals surface area contributed by atoms with E-state index in [1.165, 1.54) is 5.69 Å². The topological polar surface area (TPSA) is 15.7 Å². The zero-order valence-electron chi connectivity index (χ0n) is 12.6. The highest BCUT2D eigenvalue weighted by molar-refractivity contribution is 9.10. The second kappa shape index (κ2) is 7.65. The Hall–Kier alpha value is -1.52. The molecule has 1 aliphatic heterocycles. The number of benzene rings is 2. The molecule has 0 bridgehead atoms. The van der Waals surface area contributed by atoms with Gasteiger partial charge in [-0.3, -0.25) is 4.90 Å². The molecule has 0 atom stereocenters. The summed E-state index contributed by atoms with van der Waals surface area (Å²) in [6, 6.07) is 18.7. The first-order valence-corrected chi connectivity index (χ1v) is 8.51. The van der Waals surface area contributed by atoms with E-state index in [0.29, 0.717) is 0 Å². The number of para-hydroxylation sites is 1. The van der Waals surface area contributed by atoms with Crippen LogP contribution in [0.2, 0.25) is 0 Å². The van der Waals surface area contributed by atoms with Crippen molar-refractivity contribution in [2.24, 2.45) is 0 Å². The average molecular weight is 361 g/mol. The van der Waals surface area contributed by atoms with Gasteiger partial charge in [0.2, 0.25) is 0 Å². The van der Waals surface area contributed by atoms with Gasteiger partial charge in [-0.1, -0.05) is 40.2 Å². The van der Waals surface area contributed by atoms with E-state index in [9.17, 15) is 0 Å². The van der Waals surface area contributed by atoms with E-state index in [0.717, 1.165) is 49.6 Å². The quantitative estimate of drug-likeness (QED) is 0.809. The van der Waals surface area contributed by atoms with Gasteiger partial charge in [0.1, 0.15) is 12.4 Å². The lowest BCUT2D eigenvalue weighted by atomic mass is 10.2. The molecule has 0 unspecified atom stereocenters. The molecule has 3 nitrogen and oxygen atoms in total. The van der Waals surface area contributed by atoms with Crippen LogP contribution in [-0.2, 0) is 0 Å². The van der Waals surface area contributed by atoms with E-state index in [4.69, 9.17) is 4.74 Å². The minimum absolute atomic E-state index is 0.738. The monoisotopic (exact) mass is 360 g/mol. The lowest BCUT2D eigenvalue weighted by molar-refractivity contribution is 0.200. The van der Waals surface area contributed by atoms with Gasteiger partial charge in [-0.25, -0.2) is 0 Å². The molecule has 1 aliphatic rings. The fraction of sp³-hybridized carbons (Fsp3) is 0.333. The molecule has 3 rings (SSSR count). The van der Waals surface area contributed by atoms with E-state index >= 15 is 0 Å². The van der Waals surface area contributed by atoms with E-state index in [1.807, 2.05) is 24.3 Å². The largest absolute Gasteiger partial charge is 0.492 e. The Morgan fingerprint density at radius 3 is 2.41 bits per heavy atom.